The Morgan fingerprint density at radius 2 is 2.00 bits per heavy atom. The van der Waals surface area contributed by atoms with Crippen LogP contribution in [0.3, 0.4) is 0 Å². The van der Waals surface area contributed by atoms with E-state index in [0.717, 1.165) is 32.1 Å². The maximum Gasteiger partial charge on any atom is 0.196 e. The average molecular weight is 259 g/mol. The fourth-order valence-electron chi connectivity index (χ4n) is 3.46. The molecule has 1 spiro atoms. The Balaban J connectivity index is 2.25. The molecule has 1 fully saturated rings. The molecule has 1 saturated carbocycles. The highest BCUT2D eigenvalue weighted by Crippen LogP contribution is 2.43. The van der Waals surface area contributed by atoms with Crippen molar-refractivity contribution >= 4 is 17.3 Å². The van der Waals surface area contributed by atoms with E-state index in [1.165, 1.54) is 6.92 Å². The third-order valence-electron chi connectivity index (χ3n) is 4.37. The maximum absolute atomic E-state index is 12.8. The topological polar surface area (TPSA) is 59.3 Å². The summed E-state index contributed by atoms with van der Waals surface area (Å²) in [4.78, 5) is 24.5. The molecule has 4 heteroatoms. The molecule has 1 aromatic rings. The molecule has 0 amide bonds. The number of hydrogen-bond donors (Lipinski definition) is 1. The first-order valence-electron chi connectivity index (χ1n) is 6.75. The van der Waals surface area contributed by atoms with E-state index in [2.05, 4.69) is 0 Å². The SMILES string of the molecule is CC(=O)C1=C(O)c2cccn2C2(CCCCC2)C1=O. The Labute approximate surface area is 111 Å². The van der Waals surface area contributed by atoms with Gasteiger partial charge in [-0.1, -0.05) is 19.3 Å². The number of hydrogen-bond acceptors (Lipinski definition) is 3. The number of carbonyl (C=O) groups is 2. The molecular weight excluding hydrogens is 242 g/mol. The molecule has 100 valence electrons. The molecule has 0 unspecified atom stereocenters. The van der Waals surface area contributed by atoms with E-state index in [-0.39, 0.29) is 22.9 Å². The molecule has 2 heterocycles. The zero-order valence-corrected chi connectivity index (χ0v) is 11.0. The zero-order chi connectivity index (χ0) is 13.6. The summed E-state index contributed by atoms with van der Waals surface area (Å²) in [5.74, 6) is -0.723. The number of nitrogens with zero attached hydrogens (tertiary/aromatic N) is 1. The van der Waals surface area contributed by atoms with Gasteiger partial charge in [-0.3, -0.25) is 9.59 Å². The first-order valence-corrected chi connectivity index (χ1v) is 6.75. The predicted molar refractivity (Wildman–Crippen MR) is 70.7 cm³/mol. The summed E-state index contributed by atoms with van der Waals surface area (Å²) in [6, 6.07) is 3.58. The lowest BCUT2D eigenvalue weighted by molar-refractivity contribution is -0.128. The van der Waals surface area contributed by atoms with Gasteiger partial charge in [-0.25, -0.2) is 0 Å². The number of aliphatic hydroxyl groups is 1. The molecule has 1 aliphatic carbocycles. The summed E-state index contributed by atoms with van der Waals surface area (Å²) >= 11 is 0. The maximum atomic E-state index is 12.8. The summed E-state index contributed by atoms with van der Waals surface area (Å²) in [5.41, 5.74) is -0.0792. The highest BCUT2D eigenvalue weighted by molar-refractivity contribution is 6.26. The minimum absolute atomic E-state index is 0.0203. The van der Waals surface area contributed by atoms with E-state index in [1.807, 2.05) is 16.8 Å². The Kier molecular flexibility index (Phi) is 2.62. The van der Waals surface area contributed by atoms with E-state index >= 15 is 0 Å². The molecule has 0 bridgehead atoms. The predicted octanol–water partition coefficient (Wildman–Crippen LogP) is 2.59. The largest absolute Gasteiger partial charge is 0.505 e. The fourth-order valence-corrected chi connectivity index (χ4v) is 3.46. The summed E-state index contributed by atoms with van der Waals surface area (Å²) in [7, 11) is 0. The first kappa shape index (κ1) is 12.2. The van der Waals surface area contributed by atoms with E-state index in [1.54, 1.807) is 6.07 Å². The van der Waals surface area contributed by atoms with E-state index in [9.17, 15) is 14.7 Å². The average Bonchev–Trinajstić information content (AvgIpc) is 2.88. The van der Waals surface area contributed by atoms with Crippen molar-refractivity contribution in [3.05, 3.63) is 29.6 Å². The van der Waals surface area contributed by atoms with Gasteiger partial charge in [0, 0.05) is 6.20 Å². The Morgan fingerprint density at radius 1 is 1.32 bits per heavy atom. The van der Waals surface area contributed by atoms with Crippen LogP contribution in [-0.2, 0) is 15.1 Å². The summed E-state index contributed by atoms with van der Waals surface area (Å²) in [5, 5.41) is 10.2. The van der Waals surface area contributed by atoms with Gasteiger partial charge in [0.25, 0.3) is 0 Å². The minimum atomic E-state index is -0.648. The molecule has 3 rings (SSSR count). The van der Waals surface area contributed by atoms with Crippen molar-refractivity contribution < 1.29 is 14.7 Å². The molecule has 4 nitrogen and oxygen atoms in total. The Morgan fingerprint density at radius 3 is 2.63 bits per heavy atom. The number of Topliss-reactive ketones (excluding diaryl/α,β-unsaturated/α-hetero) is 2. The summed E-state index contributed by atoms with van der Waals surface area (Å²) in [6.07, 6.45) is 6.42. The zero-order valence-electron chi connectivity index (χ0n) is 11.0. The van der Waals surface area contributed by atoms with Gasteiger partial charge in [0.15, 0.2) is 17.3 Å². The number of rotatable bonds is 1. The van der Waals surface area contributed by atoms with Crippen molar-refractivity contribution in [1.82, 2.24) is 4.57 Å². The number of fused-ring (bicyclic) bond motifs is 2. The standard InChI is InChI=1S/C15H17NO3/c1-10(17)12-13(18)11-6-5-9-16(11)15(14(12)19)7-3-2-4-8-15/h5-6,9,18H,2-4,7-8H2,1H3. The van der Waals surface area contributed by atoms with E-state index in [4.69, 9.17) is 0 Å². The number of aromatic nitrogens is 1. The number of carbonyl (C=O) groups excluding carboxylic acids is 2. The lowest BCUT2D eigenvalue weighted by Crippen LogP contribution is -2.48. The van der Waals surface area contributed by atoms with Crippen LogP contribution in [0.2, 0.25) is 0 Å². The molecule has 0 atom stereocenters. The van der Waals surface area contributed by atoms with Gasteiger partial charge in [-0.05, 0) is 31.9 Å². The van der Waals surface area contributed by atoms with Gasteiger partial charge in [0.05, 0.1) is 5.69 Å². The van der Waals surface area contributed by atoms with Gasteiger partial charge in [0.2, 0.25) is 0 Å². The van der Waals surface area contributed by atoms with E-state index < -0.39 is 5.54 Å². The molecule has 19 heavy (non-hydrogen) atoms. The normalized spacial score (nSPS) is 21.6. The molecule has 1 N–H and O–H groups in total. The van der Waals surface area contributed by atoms with Crippen LogP contribution in [0.25, 0.3) is 5.76 Å². The molecule has 2 aliphatic rings. The lowest BCUT2D eigenvalue weighted by atomic mass is 9.73. The van der Waals surface area contributed by atoms with Crippen LogP contribution >= 0.6 is 0 Å². The van der Waals surface area contributed by atoms with Gasteiger partial charge in [0.1, 0.15) is 11.1 Å². The minimum Gasteiger partial charge on any atom is -0.505 e. The van der Waals surface area contributed by atoms with Gasteiger partial charge >= 0.3 is 0 Å². The molecule has 0 saturated heterocycles. The van der Waals surface area contributed by atoms with Crippen LogP contribution in [0.4, 0.5) is 0 Å². The molecule has 1 aromatic heterocycles. The van der Waals surface area contributed by atoms with Gasteiger partial charge in [-0.15, -0.1) is 0 Å². The van der Waals surface area contributed by atoms with Crippen LogP contribution in [0.15, 0.2) is 23.9 Å². The number of allylic oxidation sites excluding steroid dienone is 1. The Bertz CT molecular complexity index is 588. The van der Waals surface area contributed by atoms with Crippen LogP contribution in [-0.4, -0.2) is 21.2 Å². The van der Waals surface area contributed by atoms with Crippen molar-refractivity contribution in [2.24, 2.45) is 0 Å². The molecular formula is C15H17NO3. The number of aliphatic hydroxyl groups excluding tert-OH is 1. The third kappa shape index (κ3) is 1.52. The van der Waals surface area contributed by atoms with Crippen molar-refractivity contribution in [3.63, 3.8) is 0 Å². The molecule has 1 aliphatic heterocycles. The van der Waals surface area contributed by atoms with Crippen molar-refractivity contribution in [2.75, 3.05) is 0 Å². The van der Waals surface area contributed by atoms with Crippen molar-refractivity contribution in [1.29, 1.82) is 0 Å². The second-order valence-electron chi connectivity index (χ2n) is 5.46. The molecule has 0 radical (unpaired) electrons. The van der Waals surface area contributed by atoms with Crippen LogP contribution in [0, 0.1) is 0 Å². The van der Waals surface area contributed by atoms with E-state index in [0.29, 0.717) is 5.69 Å². The Hall–Kier alpha value is -1.84. The monoisotopic (exact) mass is 259 g/mol. The second kappa shape index (κ2) is 4.08. The van der Waals surface area contributed by atoms with Crippen molar-refractivity contribution in [3.8, 4) is 0 Å². The number of ketones is 2. The molecule has 0 aromatic carbocycles. The van der Waals surface area contributed by atoms with Crippen LogP contribution < -0.4 is 0 Å². The smallest absolute Gasteiger partial charge is 0.196 e. The highest BCUT2D eigenvalue weighted by Gasteiger charge is 2.48. The van der Waals surface area contributed by atoms with Crippen LogP contribution in [0.1, 0.15) is 44.7 Å². The van der Waals surface area contributed by atoms with Crippen LogP contribution in [0.5, 0.6) is 0 Å². The third-order valence-corrected chi connectivity index (χ3v) is 4.37. The highest BCUT2D eigenvalue weighted by atomic mass is 16.3. The second-order valence-corrected chi connectivity index (χ2v) is 5.46. The first-order chi connectivity index (χ1) is 9.08. The van der Waals surface area contributed by atoms with Gasteiger partial charge in [-0.2, -0.15) is 0 Å². The fraction of sp³-hybridized carbons (Fsp3) is 0.467. The summed E-state index contributed by atoms with van der Waals surface area (Å²) < 4.78 is 1.87. The lowest BCUT2D eigenvalue weighted by Gasteiger charge is -2.41. The van der Waals surface area contributed by atoms with Gasteiger partial charge < -0.3 is 9.67 Å². The quantitative estimate of drug-likeness (QED) is 0.788. The summed E-state index contributed by atoms with van der Waals surface area (Å²) in [6.45, 7) is 1.35. The van der Waals surface area contributed by atoms with Crippen molar-refractivity contribution in [2.45, 2.75) is 44.6 Å².